The van der Waals surface area contributed by atoms with Crippen molar-refractivity contribution < 1.29 is 13.2 Å². The predicted octanol–water partition coefficient (Wildman–Crippen LogP) is 3.10. The summed E-state index contributed by atoms with van der Waals surface area (Å²) >= 11 is 5.84. The fourth-order valence-electron chi connectivity index (χ4n) is 2.70. The first-order valence-electron chi connectivity index (χ1n) is 7.87. The van der Waals surface area contributed by atoms with Gasteiger partial charge in [-0.1, -0.05) is 23.7 Å². The number of benzene rings is 2. The number of halogens is 1. The van der Waals surface area contributed by atoms with Crippen molar-refractivity contribution in [2.24, 2.45) is 0 Å². The van der Waals surface area contributed by atoms with E-state index in [4.69, 9.17) is 11.6 Å². The third-order valence-electron chi connectivity index (χ3n) is 4.31. The molecule has 0 aromatic heterocycles. The molecular formula is C17H19ClN4O3S. The van der Waals surface area contributed by atoms with Crippen molar-refractivity contribution in [3.05, 3.63) is 52.5 Å². The Morgan fingerprint density at radius 1 is 1.08 bits per heavy atom. The van der Waals surface area contributed by atoms with Crippen LogP contribution in [0.25, 0.3) is 0 Å². The minimum atomic E-state index is -3.55. The Morgan fingerprint density at radius 3 is 2.27 bits per heavy atom. The first-order valence-corrected chi connectivity index (χ1v) is 9.64. The molecule has 7 nitrogen and oxygen atoms in total. The first-order chi connectivity index (χ1) is 12.2. The number of aryl methyl sites for hydroxylation is 1. The number of carbonyl (C=O) groups excluding carboxylic acids is 1. The molecule has 26 heavy (non-hydrogen) atoms. The average Bonchev–Trinajstić information content (AvgIpc) is 2.76. The molecule has 0 fully saturated rings. The zero-order valence-electron chi connectivity index (χ0n) is 14.6. The molecule has 0 unspecified atom stereocenters. The summed E-state index contributed by atoms with van der Waals surface area (Å²) in [7, 11) is -0.561. The highest BCUT2D eigenvalue weighted by atomic mass is 35.5. The van der Waals surface area contributed by atoms with Gasteiger partial charge in [0.15, 0.2) is 0 Å². The zero-order chi connectivity index (χ0) is 19.1. The summed E-state index contributed by atoms with van der Waals surface area (Å²) in [5, 5.41) is 6.17. The highest BCUT2D eigenvalue weighted by Crippen LogP contribution is 2.41. The van der Waals surface area contributed by atoms with Crippen molar-refractivity contribution in [3.63, 3.8) is 0 Å². The third kappa shape index (κ3) is 3.30. The number of nitrogens with one attached hydrogen (secondary N) is 2. The van der Waals surface area contributed by atoms with Crippen LogP contribution >= 0.6 is 11.6 Å². The van der Waals surface area contributed by atoms with E-state index in [1.165, 1.54) is 22.7 Å². The number of hydrogen-bond acceptors (Lipinski definition) is 3. The van der Waals surface area contributed by atoms with Gasteiger partial charge in [0.1, 0.15) is 0 Å². The summed E-state index contributed by atoms with van der Waals surface area (Å²) in [5.41, 5.74) is 3.34. The number of rotatable bonds is 3. The van der Waals surface area contributed by atoms with Crippen LogP contribution in [-0.4, -0.2) is 28.5 Å². The molecule has 2 N–H and O–H groups in total. The summed E-state index contributed by atoms with van der Waals surface area (Å²) in [6.45, 7) is 2.16. The van der Waals surface area contributed by atoms with Gasteiger partial charge in [-0.25, -0.2) is 4.79 Å². The number of anilines is 3. The van der Waals surface area contributed by atoms with E-state index >= 15 is 0 Å². The smallest absolute Gasteiger partial charge is 0.326 e. The minimum absolute atomic E-state index is 0.351. The van der Waals surface area contributed by atoms with Gasteiger partial charge in [0.25, 0.3) is 0 Å². The van der Waals surface area contributed by atoms with E-state index in [1.807, 2.05) is 19.1 Å². The van der Waals surface area contributed by atoms with Crippen molar-refractivity contribution in [1.82, 2.24) is 5.32 Å². The second-order valence-corrected chi connectivity index (χ2v) is 8.46. The van der Waals surface area contributed by atoms with E-state index in [1.54, 1.807) is 24.3 Å². The molecule has 2 aromatic rings. The van der Waals surface area contributed by atoms with Crippen molar-refractivity contribution in [1.29, 1.82) is 0 Å². The van der Waals surface area contributed by atoms with Crippen molar-refractivity contribution in [2.75, 3.05) is 28.0 Å². The highest BCUT2D eigenvalue weighted by Gasteiger charge is 2.35. The van der Waals surface area contributed by atoms with Gasteiger partial charge in [0.2, 0.25) is 0 Å². The fraction of sp³-hybridized carbons (Fsp3) is 0.235. The molecule has 1 aliphatic heterocycles. The Morgan fingerprint density at radius 2 is 1.65 bits per heavy atom. The number of nitrogens with zero attached hydrogens (tertiary/aromatic N) is 2. The SMILES string of the molecule is Cc1cc2c(cc1NC(=O)NCc1ccc(Cl)cc1)N(C)S(=O)(=O)N2C. The van der Waals surface area contributed by atoms with Gasteiger partial charge >= 0.3 is 16.2 Å². The quantitative estimate of drug-likeness (QED) is 0.839. The lowest BCUT2D eigenvalue weighted by molar-refractivity contribution is 0.251. The van der Waals surface area contributed by atoms with Crippen LogP contribution in [0.3, 0.4) is 0 Å². The number of hydrogen-bond donors (Lipinski definition) is 2. The molecule has 1 aliphatic rings. The number of urea groups is 1. The van der Waals surface area contributed by atoms with Crippen LogP contribution in [0.5, 0.6) is 0 Å². The molecule has 0 spiro atoms. The van der Waals surface area contributed by atoms with Crippen LogP contribution in [0, 0.1) is 6.92 Å². The van der Waals surface area contributed by atoms with Gasteiger partial charge in [0.05, 0.1) is 11.4 Å². The third-order valence-corrected chi connectivity index (χ3v) is 6.34. The van der Waals surface area contributed by atoms with Gasteiger partial charge in [-0.05, 0) is 42.3 Å². The van der Waals surface area contributed by atoms with Crippen molar-refractivity contribution in [3.8, 4) is 0 Å². The average molecular weight is 395 g/mol. The highest BCUT2D eigenvalue weighted by molar-refractivity contribution is 7.94. The molecule has 2 aromatic carbocycles. The van der Waals surface area contributed by atoms with Crippen LogP contribution in [-0.2, 0) is 16.8 Å². The maximum absolute atomic E-state index is 12.2. The molecule has 138 valence electrons. The van der Waals surface area contributed by atoms with E-state index in [2.05, 4.69) is 10.6 Å². The minimum Gasteiger partial charge on any atom is -0.334 e. The van der Waals surface area contributed by atoms with Gasteiger partial charge < -0.3 is 10.6 Å². The van der Waals surface area contributed by atoms with Gasteiger partial charge in [-0.15, -0.1) is 0 Å². The van der Waals surface area contributed by atoms with Gasteiger partial charge in [-0.2, -0.15) is 8.42 Å². The van der Waals surface area contributed by atoms with Crippen molar-refractivity contribution in [2.45, 2.75) is 13.5 Å². The lowest BCUT2D eigenvalue weighted by Crippen LogP contribution is -2.32. The summed E-state index contributed by atoms with van der Waals surface area (Å²) in [5.74, 6) is 0. The normalized spacial score (nSPS) is 14.9. The molecule has 3 rings (SSSR count). The maximum atomic E-state index is 12.2. The molecule has 1 heterocycles. The maximum Gasteiger partial charge on any atom is 0.326 e. The van der Waals surface area contributed by atoms with E-state index in [9.17, 15) is 13.2 Å². The lowest BCUT2D eigenvalue weighted by atomic mass is 10.1. The van der Waals surface area contributed by atoms with E-state index in [0.29, 0.717) is 28.6 Å². The van der Waals surface area contributed by atoms with Crippen LogP contribution in [0.2, 0.25) is 5.02 Å². The molecule has 0 atom stereocenters. The summed E-state index contributed by atoms with van der Waals surface area (Å²) < 4.78 is 26.9. The molecule has 9 heteroatoms. The van der Waals surface area contributed by atoms with E-state index in [-0.39, 0.29) is 6.03 Å². The topological polar surface area (TPSA) is 81.8 Å². The number of fused-ring (bicyclic) bond motifs is 1. The zero-order valence-corrected chi connectivity index (χ0v) is 16.1. The Balaban J connectivity index is 1.74. The summed E-state index contributed by atoms with van der Waals surface area (Å²) in [4.78, 5) is 12.2. The second-order valence-electron chi connectivity index (χ2n) is 6.03. The molecule has 0 saturated heterocycles. The molecule has 0 radical (unpaired) electrons. The molecule has 0 aliphatic carbocycles. The monoisotopic (exact) mass is 394 g/mol. The van der Waals surface area contributed by atoms with E-state index in [0.717, 1.165) is 11.1 Å². The molecule has 2 amide bonds. The molecule has 0 saturated carbocycles. The standard InChI is InChI=1S/C17H19ClN4O3S/c1-11-8-15-16(22(3)26(24,25)21(15)2)9-14(11)20-17(23)19-10-12-4-6-13(18)7-5-12/h4-9H,10H2,1-3H3,(H2,19,20,23). The van der Waals surface area contributed by atoms with Crippen LogP contribution in [0.4, 0.5) is 21.9 Å². The van der Waals surface area contributed by atoms with Gasteiger partial charge in [-0.3, -0.25) is 8.61 Å². The van der Waals surface area contributed by atoms with Crippen molar-refractivity contribution >= 4 is 44.9 Å². The largest absolute Gasteiger partial charge is 0.334 e. The fourth-order valence-corrected chi connectivity index (χ4v) is 3.99. The summed E-state index contributed by atoms with van der Waals surface area (Å²) in [6, 6.07) is 10.2. The van der Waals surface area contributed by atoms with Crippen LogP contribution in [0.15, 0.2) is 36.4 Å². The summed E-state index contributed by atoms with van der Waals surface area (Å²) in [6.07, 6.45) is 0. The van der Waals surface area contributed by atoms with E-state index < -0.39 is 10.2 Å². The Kier molecular flexibility index (Phi) is 4.72. The number of carbonyl (C=O) groups is 1. The van der Waals surface area contributed by atoms with Crippen LogP contribution in [0.1, 0.15) is 11.1 Å². The Hall–Kier alpha value is -2.45. The van der Waals surface area contributed by atoms with Crippen LogP contribution < -0.4 is 19.2 Å². The molecular weight excluding hydrogens is 376 g/mol. The lowest BCUT2D eigenvalue weighted by Gasteiger charge is -2.13. The van der Waals surface area contributed by atoms with Gasteiger partial charge in [0, 0.05) is 31.4 Å². The predicted molar refractivity (Wildman–Crippen MR) is 104 cm³/mol. The number of amides is 2. The first kappa shape index (κ1) is 18.3. The Bertz CT molecular complexity index is 961. The second kappa shape index (κ2) is 6.69. The Labute approximate surface area is 157 Å². The molecule has 0 bridgehead atoms.